The third-order valence-electron chi connectivity index (χ3n) is 4.20. The van der Waals surface area contributed by atoms with Crippen LogP contribution in [0.5, 0.6) is 0 Å². The quantitative estimate of drug-likeness (QED) is 0.282. The van der Waals surface area contributed by atoms with Gasteiger partial charge in [-0.25, -0.2) is 0 Å². The van der Waals surface area contributed by atoms with Crippen molar-refractivity contribution in [2.24, 2.45) is 12.8 Å². The predicted molar refractivity (Wildman–Crippen MR) is 109 cm³/mol. The lowest BCUT2D eigenvalue weighted by Gasteiger charge is -2.17. The van der Waals surface area contributed by atoms with Crippen LogP contribution in [0, 0.1) is 0 Å². The first-order chi connectivity index (χ1) is 15.1. The van der Waals surface area contributed by atoms with Gasteiger partial charge in [-0.2, -0.15) is 0 Å². The van der Waals surface area contributed by atoms with E-state index in [0.717, 1.165) is 4.57 Å². The highest BCUT2D eigenvalue weighted by molar-refractivity contribution is 6.36. The Labute approximate surface area is 181 Å². The van der Waals surface area contributed by atoms with Crippen molar-refractivity contribution in [3.63, 3.8) is 0 Å². The number of anilines is 1. The van der Waals surface area contributed by atoms with Gasteiger partial charge in [-0.1, -0.05) is 5.21 Å². The molecule has 0 spiro atoms. The maximum Gasteiger partial charge on any atom is 0.287 e. The van der Waals surface area contributed by atoms with Crippen LogP contribution in [0.15, 0.2) is 29.3 Å². The van der Waals surface area contributed by atoms with Gasteiger partial charge in [0.2, 0.25) is 17.6 Å². The fourth-order valence-corrected chi connectivity index (χ4v) is 2.62. The lowest BCUT2D eigenvalue weighted by atomic mass is 10.1. The van der Waals surface area contributed by atoms with Gasteiger partial charge in [-0.15, -0.1) is 5.10 Å². The van der Waals surface area contributed by atoms with Gasteiger partial charge >= 0.3 is 0 Å². The average Bonchev–Trinajstić information content (AvgIpc) is 3.19. The molecular weight excluding hydrogens is 424 g/mol. The standard InChI is InChI=1S/C18H22N8O6/c1-20-17(31)13(27)6-5-10(21-16(30)12-8-25(2)24-23-12)15(29)22-11-4-3-7-26(18(11)32)9-14(19)28/h3-4,7-8,10H,5-6,9H2,1-2H3,(H2,19,28)(H,20,31)(H,21,30)(H,22,29)/t10-/m0/s1. The van der Waals surface area contributed by atoms with E-state index in [1.165, 1.54) is 36.3 Å². The molecule has 14 heteroatoms. The zero-order valence-corrected chi connectivity index (χ0v) is 17.3. The Bertz CT molecular complexity index is 1100. The van der Waals surface area contributed by atoms with Gasteiger partial charge in [0, 0.05) is 26.7 Å². The summed E-state index contributed by atoms with van der Waals surface area (Å²) < 4.78 is 2.28. The van der Waals surface area contributed by atoms with Crippen LogP contribution in [0.4, 0.5) is 5.69 Å². The average molecular weight is 446 g/mol. The number of aryl methyl sites for hydroxylation is 1. The van der Waals surface area contributed by atoms with Crippen LogP contribution >= 0.6 is 0 Å². The fraction of sp³-hybridized carbons (Fsp3) is 0.333. The first-order valence-corrected chi connectivity index (χ1v) is 9.33. The minimum Gasteiger partial charge on any atom is -0.368 e. The van der Waals surface area contributed by atoms with E-state index in [1.54, 1.807) is 7.05 Å². The number of carbonyl (C=O) groups is 5. The molecule has 0 saturated carbocycles. The zero-order chi connectivity index (χ0) is 23.8. The minimum absolute atomic E-state index is 0.0774. The molecule has 0 unspecified atom stereocenters. The molecule has 0 aliphatic carbocycles. The second kappa shape index (κ2) is 10.6. The molecule has 0 saturated heterocycles. The lowest BCUT2D eigenvalue weighted by Crippen LogP contribution is -2.45. The van der Waals surface area contributed by atoms with E-state index in [1.807, 2.05) is 0 Å². The van der Waals surface area contributed by atoms with Gasteiger partial charge in [0.05, 0.1) is 6.20 Å². The van der Waals surface area contributed by atoms with Gasteiger partial charge in [-0.3, -0.25) is 33.4 Å². The molecule has 2 heterocycles. The molecule has 5 N–H and O–H groups in total. The number of carbonyl (C=O) groups excluding carboxylic acids is 5. The summed E-state index contributed by atoms with van der Waals surface area (Å²) >= 11 is 0. The van der Waals surface area contributed by atoms with Crippen molar-refractivity contribution in [2.75, 3.05) is 12.4 Å². The van der Waals surface area contributed by atoms with Gasteiger partial charge < -0.3 is 26.3 Å². The molecule has 0 radical (unpaired) electrons. The smallest absolute Gasteiger partial charge is 0.287 e. The van der Waals surface area contributed by atoms with Crippen molar-refractivity contribution < 1.29 is 24.0 Å². The largest absolute Gasteiger partial charge is 0.368 e. The molecule has 0 aromatic carbocycles. The number of nitrogens with zero attached hydrogens (tertiary/aromatic N) is 4. The van der Waals surface area contributed by atoms with Crippen LogP contribution in [0.1, 0.15) is 23.3 Å². The molecule has 170 valence electrons. The number of likely N-dealkylation sites (N-methyl/N-ethyl adjacent to an activating group) is 1. The lowest BCUT2D eigenvalue weighted by molar-refractivity contribution is -0.137. The van der Waals surface area contributed by atoms with Crippen LogP contribution < -0.4 is 27.2 Å². The fourth-order valence-electron chi connectivity index (χ4n) is 2.62. The summed E-state index contributed by atoms with van der Waals surface area (Å²) in [5, 5.41) is 14.2. The molecule has 0 aliphatic rings. The van der Waals surface area contributed by atoms with Crippen LogP contribution in [0.2, 0.25) is 0 Å². The van der Waals surface area contributed by atoms with Crippen molar-refractivity contribution in [2.45, 2.75) is 25.4 Å². The molecule has 2 rings (SSSR count). The van der Waals surface area contributed by atoms with E-state index in [9.17, 15) is 28.8 Å². The summed E-state index contributed by atoms with van der Waals surface area (Å²) in [4.78, 5) is 72.0. The molecular formula is C18H22N8O6. The number of nitrogens with one attached hydrogen (secondary N) is 3. The third-order valence-corrected chi connectivity index (χ3v) is 4.20. The highest BCUT2D eigenvalue weighted by Gasteiger charge is 2.25. The predicted octanol–water partition coefficient (Wildman–Crippen LogP) is -2.71. The molecule has 0 bridgehead atoms. The summed E-state index contributed by atoms with van der Waals surface area (Å²) in [5.74, 6) is -3.95. The molecule has 14 nitrogen and oxygen atoms in total. The van der Waals surface area contributed by atoms with E-state index in [0.29, 0.717) is 0 Å². The van der Waals surface area contributed by atoms with E-state index in [-0.39, 0.29) is 24.2 Å². The second-order valence-electron chi connectivity index (χ2n) is 6.65. The summed E-state index contributed by atoms with van der Waals surface area (Å²) in [5.41, 5.74) is 4.15. The number of hydrogen-bond donors (Lipinski definition) is 4. The molecule has 32 heavy (non-hydrogen) atoms. The molecule has 0 fully saturated rings. The number of ketones is 1. The summed E-state index contributed by atoms with van der Waals surface area (Å²) in [6, 6.07) is 1.43. The number of aromatic nitrogens is 4. The van der Waals surface area contributed by atoms with Crippen LogP contribution in [-0.2, 0) is 32.8 Å². The second-order valence-corrected chi connectivity index (χ2v) is 6.65. The Morgan fingerprint density at radius 2 is 1.94 bits per heavy atom. The van der Waals surface area contributed by atoms with Gasteiger partial charge in [0.25, 0.3) is 17.4 Å². The molecule has 2 aromatic heterocycles. The number of rotatable bonds is 10. The van der Waals surface area contributed by atoms with E-state index >= 15 is 0 Å². The zero-order valence-electron chi connectivity index (χ0n) is 17.3. The Hall–Kier alpha value is -4.36. The molecule has 0 aliphatic heterocycles. The van der Waals surface area contributed by atoms with Crippen LogP contribution in [-0.4, -0.2) is 62.1 Å². The highest BCUT2D eigenvalue weighted by Crippen LogP contribution is 2.06. The van der Waals surface area contributed by atoms with Gasteiger partial charge in [0.15, 0.2) is 5.69 Å². The van der Waals surface area contributed by atoms with Gasteiger partial charge in [-0.05, 0) is 18.6 Å². The maximum absolute atomic E-state index is 12.8. The molecule has 2 aromatic rings. The number of Topliss-reactive ketones (excluding diaryl/α,β-unsaturated/α-hetero) is 1. The van der Waals surface area contributed by atoms with E-state index < -0.39 is 47.6 Å². The number of primary amides is 1. The van der Waals surface area contributed by atoms with Crippen molar-refractivity contribution >= 4 is 35.1 Å². The van der Waals surface area contributed by atoms with Crippen molar-refractivity contribution in [3.8, 4) is 0 Å². The van der Waals surface area contributed by atoms with Gasteiger partial charge in [0.1, 0.15) is 18.3 Å². The van der Waals surface area contributed by atoms with Crippen LogP contribution in [0.3, 0.4) is 0 Å². The Morgan fingerprint density at radius 3 is 2.53 bits per heavy atom. The van der Waals surface area contributed by atoms with E-state index in [2.05, 4.69) is 26.3 Å². The first-order valence-electron chi connectivity index (χ1n) is 9.33. The number of nitrogens with two attached hydrogens (primary N) is 1. The number of amides is 4. The Kier molecular flexibility index (Phi) is 7.92. The minimum atomic E-state index is -1.29. The Morgan fingerprint density at radius 1 is 1.22 bits per heavy atom. The summed E-state index contributed by atoms with van der Waals surface area (Å²) in [6.07, 6.45) is 2.06. The SMILES string of the molecule is CNC(=O)C(=O)CC[C@H](NC(=O)c1cn(C)nn1)C(=O)Nc1cccn(CC(N)=O)c1=O. The topological polar surface area (TPSA) is 200 Å². The van der Waals surface area contributed by atoms with Crippen molar-refractivity contribution in [3.05, 3.63) is 40.6 Å². The summed E-state index contributed by atoms with van der Waals surface area (Å²) in [6.45, 7) is -0.393. The van der Waals surface area contributed by atoms with Crippen molar-refractivity contribution in [1.29, 1.82) is 0 Å². The first kappa shape index (κ1) is 23.9. The summed E-state index contributed by atoms with van der Waals surface area (Å²) in [7, 11) is 2.83. The highest BCUT2D eigenvalue weighted by atomic mass is 16.2. The normalized spacial score (nSPS) is 11.3. The van der Waals surface area contributed by atoms with E-state index in [4.69, 9.17) is 5.73 Å². The molecule has 4 amide bonds. The third kappa shape index (κ3) is 6.32. The van der Waals surface area contributed by atoms with Crippen LogP contribution in [0.25, 0.3) is 0 Å². The number of hydrogen-bond acceptors (Lipinski definition) is 8. The Balaban J connectivity index is 2.21. The monoisotopic (exact) mass is 446 g/mol. The molecule has 1 atom stereocenters. The maximum atomic E-state index is 12.8. The van der Waals surface area contributed by atoms with Crippen molar-refractivity contribution in [1.82, 2.24) is 30.2 Å². The number of pyridine rings is 1.